The van der Waals surface area contributed by atoms with E-state index in [0.717, 1.165) is 11.4 Å². The van der Waals surface area contributed by atoms with E-state index in [0.29, 0.717) is 29.5 Å². The number of methoxy groups -OCH3 is 1. The summed E-state index contributed by atoms with van der Waals surface area (Å²) in [6, 6.07) is 14.3. The largest absolute Gasteiger partial charge is 0.493 e. The molecule has 31 heavy (non-hydrogen) atoms. The number of carbonyl (C=O) groups excluding carboxylic acids is 2. The third kappa shape index (κ3) is 5.03. The first kappa shape index (κ1) is 21.9. The molecule has 0 atom stereocenters. The Morgan fingerprint density at radius 3 is 2.48 bits per heavy atom. The lowest BCUT2D eigenvalue weighted by atomic mass is 10.2. The minimum Gasteiger partial charge on any atom is -0.493 e. The van der Waals surface area contributed by atoms with Crippen molar-refractivity contribution in [2.45, 2.75) is 20.8 Å². The average Bonchev–Trinajstić information content (AvgIpc) is 3.06. The Balaban J connectivity index is 1.64. The molecule has 162 valence electrons. The zero-order valence-electron chi connectivity index (χ0n) is 18.0. The number of ether oxygens (including phenoxy) is 3. The van der Waals surface area contributed by atoms with Crippen LogP contribution in [0.25, 0.3) is 5.69 Å². The molecule has 3 rings (SSSR count). The molecule has 3 aromatic rings. The van der Waals surface area contributed by atoms with Crippen LogP contribution in [-0.4, -0.2) is 42.0 Å². The van der Waals surface area contributed by atoms with Crippen molar-refractivity contribution >= 4 is 17.6 Å². The van der Waals surface area contributed by atoms with E-state index in [1.54, 1.807) is 23.7 Å². The summed E-state index contributed by atoms with van der Waals surface area (Å²) in [6.07, 6.45) is 0. The van der Waals surface area contributed by atoms with Crippen LogP contribution in [0.4, 0.5) is 5.69 Å². The highest BCUT2D eigenvalue weighted by molar-refractivity contribution is 5.96. The van der Waals surface area contributed by atoms with Crippen LogP contribution in [-0.2, 0) is 9.53 Å². The molecule has 0 fully saturated rings. The van der Waals surface area contributed by atoms with Gasteiger partial charge in [-0.25, -0.2) is 9.48 Å². The molecule has 0 saturated heterocycles. The fourth-order valence-electron chi connectivity index (χ4n) is 3.10. The predicted octanol–water partition coefficient (Wildman–Crippen LogP) is 3.69. The number of aromatic nitrogens is 2. The van der Waals surface area contributed by atoms with Crippen molar-refractivity contribution in [2.24, 2.45) is 0 Å². The first-order valence-corrected chi connectivity index (χ1v) is 9.84. The number of amides is 1. The summed E-state index contributed by atoms with van der Waals surface area (Å²) in [5, 5.41) is 7.27. The van der Waals surface area contributed by atoms with Gasteiger partial charge in [-0.15, -0.1) is 0 Å². The van der Waals surface area contributed by atoms with Gasteiger partial charge in [0.1, 0.15) is 0 Å². The van der Waals surface area contributed by atoms with Crippen molar-refractivity contribution < 1.29 is 23.8 Å². The highest BCUT2D eigenvalue weighted by Gasteiger charge is 2.17. The molecule has 0 unspecified atom stereocenters. The van der Waals surface area contributed by atoms with Gasteiger partial charge in [-0.05, 0) is 51.1 Å². The SMILES string of the molecule is CCOc1ccc(C(=O)OCC(=O)Nc2c(C)nn(-c3ccccc3)c2C)cc1OC. The molecular weight excluding hydrogens is 398 g/mol. The lowest BCUT2D eigenvalue weighted by molar-refractivity contribution is -0.119. The molecule has 0 aliphatic rings. The Bertz CT molecular complexity index is 1080. The Morgan fingerprint density at radius 1 is 1.06 bits per heavy atom. The first-order valence-electron chi connectivity index (χ1n) is 9.84. The van der Waals surface area contributed by atoms with E-state index < -0.39 is 18.5 Å². The van der Waals surface area contributed by atoms with Gasteiger partial charge in [0.2, 0.25) is 0 Å². The van der Waals surface area contributed by atoms with Crippen LogP contribution >= 0.6 is 0 Å². The summed E-state index contributed by atoms with van der Waals surface area (Å²) in [5.74, 6) is -0.143. The zero-order chi connectivity index (χ0) is 22.4. The Labute approximate surface area is 180 Å². The van der Waals surface area contributed by atoms with E-state index >= 15 is 0 Å². The van der Waals surface area contributed by atoms with E-state index in [1.807, 2.05) is 44.2 Å². The van der Waals surface area contributed by atoms with Gasteiger partial charge in [0.25, 0.3) is 5.91 Å². The minimum absolute atomic E-state index is 0.261. The van der Waals surface area contributed by atoms with Gasteiger partial charge in [0, 0.05) is 0 Å². The second-order valence-electron chi connectivity index (χ2n) is 6.72. The van der Waals surface area contributed by atoms with Gasteiger partial charge in [-0.3, -0.25) is 4.79 Å². The maximum atomic E-state index is 12.4. The maximum Gasteiger partial charge on any atom is 0.338 e. The maximum absolute atomic E-state index is 12.4. The van der Waals surface area contributed by atoms with Gasteiger partial charge in [-0.1, -0.05) is 18.2 Å². The molecule has 0 aliphatic carbocycles. The molecule has 1 amide bonds. The van der Waals surface area contributed by atoms with Crippen LogP contribution in [0, 0.1) is 13.8 Å². The number of carbonyl (C=O) groups is 2. The Hall–Kier alpha value is -3.81. The highest BCUT2D eigenvalue weighted by Crippen LogP contribution is 2.28. The number of nitrogens with one attached hydrogen (secondary N) is 1. The van der Waals surface area contributed by atoms with Crippen LogP contribution in [0.3, 0.4) is 0 Å². The number of rotatable bonds is 8. The van der Waals surface area contributed by atoms with Crippen LogP contribution in [0.5, 0.6) is 11.5 Å². The molecule has 8 heteroatoms. The van der Waals surface area contributed by atoms with Crippen molar-refractivity contribution in [2.75, 3.05) is 25.6 Å². The van der Waals surface area contributed by atoms with E-state index in [-0.39, 0.29) is 5.56 Å². The van der Waals surface area contributed by atoms with E-state index in [2.05, 4.69) is 10.4 Å². The van der Waals surface area contributed by atoms with Crippen LogP contribution in [0.1, 0.15) is 28.7 Å². The molecule has 0 aliphatic heterocycles. The molecule has 0 saturated carbocycles. The van der Waals surface area contributed by atoms with Crippen molar-refractivity contribution in [1.29, 1.82) is 0 Å². The van der Waals surface area contributed by atoms with E-state index in [9.17, 15) is 9.59 Å². The Kier molecular flexibility index (Phi) is 6.92. The first-order chi connectivity index (χ1) is 14.9. The molecular formula is C23H25N3O5. The van der Waals surface area contributed by atoms with Crippen LogP contribution in [0.2, 0.25) is 0 Å². The fraction of sp³-hybridized carbons (Fsp3) is 0.261. The second-order valence-corrected chi connectivity index (χ2v) is 6.72. The number of para-hydroxylation sites is 1. The van der Waals surface area contributed by atoms with Crippen molar-refractivity contribution in [3.05, 3.63) is 65.5 Å². The average molecular weight is 423 g/mol. The number of nitrogens with zero attached hydrogens (tertiary/aromatic N) is 2. The zero-order valence-corrected chi connectivity index (χ0v) is 18.0. The molecule has 1 heterocycles. The highest BCUT2D eigenvalue weighted by atomic mass is 16.5. The van der Waals surface area contributed by atoms with Gasteiger partial charge >= 0.3 is 5.97 Å². The third-order valence-corrected chi connectivity index (χ3v) is 4.59. The number of anilines is 1. The normalized spacial score (nSPS) is 10.5. The monoisotopic (exact) mass is 423 g/mol. The summed E-state index contributed by atoms with van der Waals surface area (Å²) >= 11 is 0. The number of aryl methyl sites for hydroxylation is 1. The quantitative estimate of drug-likeness (QED) is 0.556. The second kappa shape index (κ2) is 9.80. The smallest absolute Gasteiger partial charge is 0.338 e. The summed E-state index contributed by atoms with van der Waals surface area (Å²) < 4.78 is 17.6. The third-order valence-electron chi connectivity index (χ3n) is 4.59. The van der Waals surface area contributed by atoms with Gasteiger partial charge < -0.3 is 19.5 Å². The van der Waals surface area contributed by atoms with Crippen LogP contribution in [0.15, 0.2) is 48.5 Å². The summed E-state index contributed by atoms with van der Waals surface area (Å²) in [4.78, 5) is 24.7. The fourth-order valence-corrected chi connectivity index (χ4v) is 3.10. The predicted molar refractivity (Wildman–Crippen MR) is 116 cm³/mol. The topological polar surface area (TPSA) is 91.7 Å². The van der Waals surface area contributed by atoms with Crippen molar-refractivity contribution in [1.82, 2.24) is 9.78 Å². The van der Waals surface area contributed by atoms with E-state index in [1.165, 1.54) is 13.2 Å². The number of hydrogen-bond donors (Lipinski definition) is 1. The van der Waals surface area contributed by atoms with Crippen LogP contribution < -0.4 is 14.8 Å². The lowest BCUT2D eigenvalue weighted by Gasteiger charge is -2.11. The molecule has 0 bridgehead atoms. The van der Waals surface area contributed by atoms with Gasteiger partial charge in [0.15, 0.2) is 18.1 Å². The summed E-state index contributed by atoms with van der Waals surface area (Å²) in [7, 11) is 1.49. The molecule has 8 nitrogen and oxygen atoms in total. The van der Waals surface area contributed by atoms with Gasteiger partial charge in [-0.2, -0.15) is 5.10 Å². The molecule has 1 aromatic heterocycles. The number of esters is 1. The molecule has 1 N–H and O–H groups in total. The molecule has 2 aromatic carbocycles. The van der Waals surface area contributed by atoms with Gasteiger partial charge in [0.05, 0.1) is 42.0 Å². The Morgan fingerprint density at radius 2 is 1.81 bits per heavy atom. The van der Waals surface area contributed by atoms with Crippen molar-refractivity contribution in [3.63, 3.8) is 0 Å². The summed E-state index contributed by atoms with van der Waals surface area (Å²) in [6.45, 7) is 5.57. The van der Waals surface area contributed by atoms with E-state index in [4.69, 9.17) is 14.2 Å². The van der Waals surface area contributed by atoms with Crippen molar-refractivity contribution in [3.8, 4) is 17.2 Å². The molecule has 0 spiro atoms. The summed E-state index contributed by atoms with van der Waals surface area (Å²) in [5.41, 5.74) is 3.18. The minimum atomic E-state index is -0.634. The molecule has 0 radical (unpaired) electrons. The number of benzene rings is 2. The standard InChI is InChI=1S/C23H25N3O5/c1-5-30-19-12-11-17(13-20(19)29-4)23(28)31-14-21(27)24-22-15(2)25-26(16(22)3)18-9-7-6-8-10-18/h6-13H,5,14H2,1-4H3,(H,24,27). The lowest BCUT2D eigenvalue weighted by Crippen LogP contribution is -2.21. The number of hydrogen-bond acceptors (Lipinski definition) is 6.